The minimum atomic E-state index is -0.154. The number of amides is 1. The summed E-state index contributed by atoms with van der Waals surface area (Å²) in [6, 6.07) is 26.3. The van der Waals surface area contributed by atoms with Crippen LogP contribution < -0.4 is 9.64 Å². The van der Waals surface area contributed by atoms with Crippen LogP contribution in [-0.4, -0.2) is 16.1 Å². The number of anilines is 1. The third-order valence-corrected chi connectivity index (χ3v) is 6.80. The summed E-state index contributed by atoms with van der Waals surface area (Å²) in [4.78, 5) is 24.3. The molecule has 0 saturated carbocycles. The van der Waals surface area contributed by atoms with Crippen molar-refractivity contribution in [3.05, 3.63) is 123 Å². The maximum absolute atomic E-state index is 13.4. The highest BCUT2D eigenvalue weighted by Gasteiger charge is 2.34. The number of carbonyl (C=O) groups is 1. The highest BCUT2D eigenvalue weighted by Crippen LogP contribution is 2.38. The smallest absolute Gasteiger partial charge is 0.271 e. The average Bonchev–Trinajstić information content (AvgIpc) is 3.20. The SMILES string of the molecule is O=C1/C(=C/c2ccc(OCc3ccc(Cl)cc3)cc2)SC(=Nc2ccncc2Cl)N1c1ccccc1. The Balaban J connectivity index is 1.38. The number of thioether (sulfide) groups is 1. The second kappa shape index (κ2) is 11.0. The van der Waals surface area contributed by atoms with Gasteiger partial charge in [0.2, 0.25) is 0 Å². The van der Waals surface area contributed by atoms with Crippen LogP contribution in [0.1, 0.15) is 11.1 Å². The molecule has 3 aromatic carbocycles. The summed E-state index contributed by atoms with van der Waals surface area (Å²) >= 11 is 13.5. The molecule has 1 aromatic heterocycles. The van der Waals surface area contributed by atoms with Crippen LogP contribution in [0.15, 0.2) is 107 Å². The molecule has 0 unspecified atom stereocenters. The van der Waals surface area contributed by atoms with Crippen molar-refractivity contribution in [3.63, 3.8) is 0 Å². The number of nitrogens with zero attached hydrogens (tertiary/aromatic N) is 3. The molecule has 0 N–H and O–H groups in total. The van der Waals surface area contributed by atoms with Gasteiger partial charge >= 0.3 is 0 Å². The molecular formula is C28H19Cl2N3O2S. The number of amidine groups is 1. The number of benzene rings is 3. The van der Waals surface area contributed by atoms with E-state index >= 15 is 0 Å². The second-order valence-electron chi connectivity index (χ2n) is 7.79. The van der Waals surface area contributed by atoms with E-state index in [0.29, 0.717) is 32.4 Å². The molecule has 0 bridgehead atoms. The molecule has 5 rings (SSSR count). The van der Waals surface area contributed by atoms with Crippen LogP contribution >= 0.6 is 35.0 Å². The standard InChI is InChI=1S/C28H19Cl2N3O2S/c29-21-10-6-20(7-11-21)18-35-23-12-8-19(9-13-23)16-26-27(34)33(22-4-2-1-3-5-22)28(36-26)32-25-14-15-31-17-24(25)30/h1-17H,18H2/b26-16-,32-28?. The van der Waals surface area contributed by atoms with Crippen LogP contribution in [0.3, 0.4) is 0 Å². The first-order valence-corrected chi connectivity index (χ1v) is 12.6. The average molecular weight is 532 g/mol. The van der Waals surface area contributed by atoms with E-state index in [1.807, 2.05) is 84.9 Å². The Morgan fingerprint density at radius 2 is 1.69 bits per heavy atom. The molecular weight excluding hydrogens is 513 g/mol. The summed E-state index contributed by atoms with van der Waals surface area (Å²) in [6.45, 7) is 0.440. The number of ether oxygens (including phenoxy) is 1. The van der Waals surface area contributed by atoms with Crippen molar-refractivity contribution in [2.75, 3.05) is 4.90 Å². The first-order chi connectivity index (χ1) is 17.6. The van der Waals surface area contributed by atoms with Gasteiger partial charge in [0, 0.05) is 17.4 Å². The Labute approximate surface area is 223 Å². The predicted octanol–water partition coefficient (Wildman–Crippen LogP) is 7.78. The van der Waals surface area contributed by atoms with Gasteiger partial charge in [-0.25, -0.2) is 4.99 Å². The fourth-order valence-corrected chi connectivity index (χ4v) is 4.76. The van der Waals surface area contributed by atoms with E-state index in [9.17, 15) is 4.79 Å². The quantitative estimate of drug-likeness (QED) is 0.238. The molecule has 1 aliphatic rings. The van der Waals surface area contributed by atoms with Crippen molar-refractivity contribution in [3.8, 4) is 5.75 Å². The zero-order chi connectivity index (χ0) is 24.9. The lowest BCUT2D eigenvalue weighted by Gasteiger charge is -2.15. The van der Waals surface area contributed by atoms with Crippen LogP contribution in [0.2, 0.25) is 10.0 Å². The number of pyridine rings is 1. The van der Waals surface area contributed by atoms with E-state index in [1.54, 1.807) is 17.2 Å². The minimum Gasteiger partial charge on any atom is -0.489 e. The van der Waals surface area contributed by atoms with Gasteiger partial charge in [-0.05, 0) is 71.4 Å². The molecule has 2 heterocycles. The molecule has 4 aromatic rings. The zero-order valence-electron chi connectivity index (χ0n) is 18.8. The fourth-order valence-electron chi connectivity index (χ4n) is 3.47. The molecule has 178 valence electrons. The second-order valence-corrected chi connectivity index (χ2v) is 9.65. The van der Waals surface area contributed by atoms with Gasteiger partial charge in [-0.3, -0.25) is 14.7 Å². The van der Waals surface area contributed by atoms with Gasteiger partial charge in [0.1, 0.15) is 12.4 Å². The van der Waals surface area contributed by atoms with Crippen molar-refractivity contribution in [2.45, 2.75) is 6.61 Å². The normalized spacial score (nSPS) is 15.6. The Morgan fingerprint density at radius 3 is 2.42 bits per heavy atom. The maximum Gasteiger partial charge on any atom is 0.271 e. The van der Waals surface area contributed by atoms with Crippen molar-refractivity contribution in [1.29, 1.82) is 0 Å². The summed E-state index contributed by atoms with van der Waals surface area (Å²) in [7, 11) is 0. The Hall–Kier alpha value is -3.58. The van der Waals surface area contributed by atoms with Crippen molar-refractivity contribution < 1.29 is 9.53 Å². The van der Waals surface area contributed by atoms with Crippen LogP contribution in [0.4, 0.5) is 11.4 Å². The third-order valence-electron chi connectivity index (χ3n) is 5.28. The van der Waals surface area contributed by atoms with Crippen molar-refractivity contribution in [1.82, 2.24) is 4.98 Å². The molecule has 0 aliphatic carbocycles. The molecule has 8 heteroatoms. The number of carbonyl (C=O) groups excluding carboxylic acids is 1. The molecule has 5 nitrogen and oxygen atoms in total. The summed E-state index contributed by atoms with van der Waals surface area (Å²) in [5.41, 5.74) is 3.18. The molecule has 0 atom stereocenters. The van der Waals surface area contributed by atoms with Gasteiger partial charge < -0.3 is 4.74 Å². The molecule has 0 spiro atoms. The zero-order valence-corrected chi connectivity index (χ0v) is 21.2. The summed E-state index contributed by atoms with van der Waals surface area (Å²) < 4.78 is 5.87. The summed E-state index contributed by atoms with van der Waals surface area (Å²) in [6.07, 6.45) is 5.00. The number of aliphatic imine (C=N–C) groups is 1. The number of hydrogen-bond acceptors (Lipinski definition) is 5. The van der Waals surface area contributed by atoms with E-state index in [2.05, 4.69) is 9.98 Å². The Morgan fingerprint density at radius 1 is 0.944 bits per heavy atom. The summed E-state index contributed by atoms with van der Waals surface area (Å²) in [5.74, 6) is 0.580. The topological polar surface area (TPSA) is 54.8 Å². The minimum absolute atomic E-state index is 0.154. The first-order valence-electron chi connectivity index (χ1n) is 11.0. The largest absolute Gasteiger partial charge is 0.489 e. The van der Waals surface area contributed by atoms with Gasteiger partial charge in [0.15, 0.2) is 5.17 Å². The molecule has 1 saturated heterocycles. The number of para-hydroxylation sites is 1. The van der Waals surface area contributed by atoms with Crippen LogP contribution in [-0.2, 0) is 11.4 Å². The monoisotopic (exact) mass is 531 g/mol. The molecule has 1 fully saturated rings. The number of rotatable bonds is 6. The maximum atomic E-state index is 13.4. The van der Waals surface area contributed by atoms with Crippen LogP contribution in [0.25, 0.3) is 6.08 Å². The summed E-state index contributed by atoms with van der Waals surface area (Å²) in [5, 5.41) is 1.63. The van der Waals surface area contributed by atoms with E-state index in [0.717, 1.165) is 22.6 Å². The highest BCUT2D eigenvalue weighted by molar-refractivity contribution is 8.19. The van der Waals surface area contributed by atoms with Gasteiger partial charge in [0.05, 0.1) is 21.3 Å². The lowest BCUT2D eigenvalue weighted by molar-refractivity contribution is -0.113. The molecule has 36 heavy (non-hydrogen) atoms. The number of hydrogen-bond donors (Lipinski definition) is 0. The number of aromatic nitrogens is 1. The lowest BCUT2D eigenvalue weighted by atomic mass is 10.2. The van der Waals surface area contributed by atoms with Crippen LogP contribution in [0.5, 0.6) is 5.75 Å². The third kappa shape index (κ3) is 5.62. The van der Waals surface area contributed by atoms with Gasteiger partial charge in [-0.2, -0.15) is 0 Å². The van der Waals surface area contributed by atoms with E-state index < -0.39 is 0 Å². The van der Waals surface area contributed by atoms with Crippen LogP contribution in [0, 0.1) is 0 Å². The number of halogens is 2. The Kier molecular flexibility index (Phi) is 7.37. The van der Waals surface area contributed by atoms with Crippen molar-refractivity contribution in [2.24, 2.45) is 4.99 Å². The highest BCUT2D eigenvalue weighted by atomic mass is 35.5. The van der Waals surface area contributed by atoms with Gasteiger partial charge in [-0.1, -0.05) is 65.7 Å². The predicted molar refractivity (Wildman–Crippen MR) is 148 cm³/mol. The molecule has 1 aliphatic heterocycles. The molecule has 1 amide bonds. The first kappa shape index (κ1) is 24.1. The molecule has 0 radical (unpaired) electrons. The Bertz CT molecular complexity index is 1440. The lowest BCUT2D eigenvalue weighted by Crippen LogP contribution is -2.28. The fraction of sp³-hybridized carbons (Fsp3) is 0.0357. The van der Waals surface area contributed by atoms with Crippen molar-refractivity contribution >= 4 is 63.5 Å². The van der Waals surface area contributed by atoms with E-state index in [4.69, 9.17) is 27.9 Å². The van der Waals surface area contributed by atoms with E-state index in [1.165, 1.54) is 18.0 Å². The van der Waals surface area contributed by atoms with Gasteiger partial charge in [-0.15, -0.1) is 0 Å². The van der Waals surface area contributed by atoms with E-state index in [-0.39, 0.29) is 5.91 Å². The van der Waals surface area contributed by atoms with Gasteiger partial charge in [0.25, 0.3) is 5.91 Å².